The fraction of sp³-hybridized carbons (Fsp3) is 0.0857. The average Bonchev–Trinajstić information content (AvgIpc) is 3.34. The van der Waals surface area contributed by atoms with Crippen molar-refractivity contribution >= 4 is 44.9 Å². The van der Waals surface area contributed by atoms with Crippen molar-refractivity contribution in [3.8, 4) is 11.8 Å². The molecule has 1 aliphatic rings. The second kappa shape index (κ2) is 12.9. The summed E-state index contributed by atoms with van der Waals surface area (Å²) in [7, 11) is 0. The van der Waals surface area contributed by atoms with E-state index in [1.165, 1.54) is 28.0 Å². The van der Waals surface area contributed by atoms with E-state index in [-0.39, 0.29) is 12.2 Å². The summed E-state index contributed by atoms with van der Waals surface area (Å²) >= 11 is 4.77. The highest BCUT2D eigenvalue weighted by atomic mass is 79.9. The summed E-state index contributed by atoms with van der Waals surface area (Å²) in [6, 6.07) is 28.9. The lowest BCUT2D eigenvalue weighted by atomic mass is 9.95. The molecule has 1 aromatic heterocycles. The first kappa shape index (κ1) is 29.9. The molecule has 222 valence electrons. The Morgan fingerprint density at radius 1 is 1.09 bits per heavy atom. The molecule has 0 radical (unpaired) electrons. The number of rotatable bonds is 7. The molecule has 1 amide bonds. The van der Waals surface area contributed by atoms with E-state index in [0.717, 1.165) is 11.1 Å². The number of thiazole rings is 1. The van der Waals surface area contributed by atoms with Gasteiger partial charge in [-0.3, -0.25) is 14.2 Å². The van der Waals surface area contributed by atoms with Crippen molar-refractivity contribution in [1.82, 2.24) is 4.57 Å². The number of aromatic nitrogens is 1. The molecule has 2 heterocycles. The lowest BCUT2D eigenvalue weighted by molar-refractivity contribution is -0.113. The Labute approximate surface area is 270 Å². The number of benzene rings is 4. The second-order valence-corrected chi connectivity index (χ2v) is 12.1. The monoisotopic (exact) mass is 678 g/mol. The SMILES string of the molecule is CC1=C(C(=O)Nc2ccccc2)C(c2ccc(F)cc2)n2c(s/c(=C/c3ccc(OCc4ccccc4C#N)c(Br)c3)c2=O)=N1. The van der Waals surface area contributed by atoms with Gasteiger partial charge in [0.15, 0.2) is 4.80 Å². The highest BCUT2D eigenvalue weighted by molar-refractivity contribution is 9.10. The minimum atomic E-state index is -0.813. The predicted molar refractivity (Wildman–Crippen MR) is 175 cm³/mol. The number of allylic oxidation sites excluding steroid dienone is 1. The van der Waals surface area contributed by atoms with Crippen LogP contribution < -0.4 is 24.9 Å². The first-order valence-corrected chi connectivity index (χ1v) is 15.5. The van der Waals surface area contributed by atoms with Crippen molar-refractivity contribution in [1.29, 1.82) is 5.26 Å². The number of fused-ring (bicyclic) bond motifs is 1. The number of hydrogen-bond acceptors (Lipinski definition) is 6. The Kier molecular flexibility index (Phi) is 8.56. The van der Waals surface area contributed by atoms with Crippen LogP contribution in [0, 0.1) is 17.1 Å². The molecular weight excluding hydrogens is 655 g/mol. The Balaban J connectivity index is 1.36. The van der Waals surface area contributed by atoms with Crippen LogP contribution in [0.3, 0.4) is 0 Å². The van der Waals surface area contributed by atoms with Crippen LogP contribution in [-0.4, -0.2) is 10.5 Å². The number of hydrogen-bond donors (Lipinski definition) is 1. The lowest BCUT2D eigenvalue weighted by Crippen LogP contribution is -2.40. The van der Waals surface area contributed by atoms with Gasteiger partial charge in [0.05, 0.1) is 37.9 Å². The van der Waals surface area contributed by atoms with Gasteiger partial charge in [-0.2, -0.15) is 5.26 Å². The molecule has 1 atom stereocenters. The summed E-state index contributed by atoms with van der Waals surface area (Å²) in [5.74, 6) is -0.236. The van der Waals surface area contributed by atoms with Crippen molar-refractivity contribution in [3.05, 3.63) is 161 Å². The van der Waals surface area contributed by atoms with Gasteiger partial charge in [0.2, 0.25) is 0 Å². The maximum absolute atomic E-state index is 14.0. The Morgan fingerprint density at radius 2 is 1.82 bits per heavy atom. The summed E-state index contributed by atoms with van der Waals surface area (Å²) < 4.78 is 22.5. The van der Waals surface area contributed by atoms with Crippen LogP contribution in [0.15, 0.2) is 123 Å². The van der Waals surface area contributed by atoms with E-state index >= 15 is 0 Å². The molecule has 6 rings (SSSR count). The van der Waals surface area contributed by atoms with Gasteiger partial charge in [-0.15, -0.1) is 0 Å². The molecule has 1 unspecified atom stereocenters. The summed E-state index contributed by atoms with van der Waals surface area (Å²) in [6.07, 6.45) is 1.76. The molecule has 45 heavy (non-hydrogen) atoms. The summed E-state index contributed by atoms with van der Waals surface area (Å²) in [6.45, 7) is 1.96. The van der Waals surface area contributed by atoms with Crippen LogP contribution in [0.25, 0.3) is 6.08 Å². The van der Waals surface area contributed by atoms with Gasteiger partial charge in [-0.1, -0.05) is 65.9 Å². The standard InChI is InChI=1S/C35H24BrFN4O3S/c1-21-31(33(42)40-27-9-3-2-4-10-27)32(23-12-14-26(37)15-13-23)41-34(43)30(45-35(41)39-21)18-22-11-16-29(28(36)17-22)44-20-25-8-6-5-7-24(25)19-38/h2-18,32H,20H2,1H3,(H,40,42)/b30-18+. The lowest BCUT2D eigenvalue weighted by Gasteiger charge is -2.25. The first-order chi connectivity index (χ1) is 21.8. The van der Waals surface area contributed by atoms with Crippen LogP contribution in [0.2, 0.25) is 0 Å². The maximum Gasteiger partial charge on any atom is 0.271 e. The van der Waals surface area contributed by atoms with Gasteiger partial charge < -0.3 is 10.1 Å². The predicted octanol–water partition coefficient (Wildman–Crippen LogP) is 6.23. The quantitative estimate of drug-likeness (QED) is 0.221. The number of carbonyl (C=O) groups is 1. The molecule has 7 nitrogen and oxygen atoms in total. The fourth-order valence-electron chi connectivity index (χ4n) is 5.08. The van der Waals surface area contributed by atoms with Gasteiger partial charge in [0.25, 0.3) is 11.5 Å². The largest absolute Gasteiger partial charge is 0.488 e. The van der Waals surface area contributed by atoms with Gasteiger partial charge in [-0.25, -0.2) is 9.38 Å². The number of nitrogens with zero attached hydrogens (tertiary/aromatic N) is 3. The van der Waals surface area contributed by atoms with E-state index in [0.29, 0.717) is 47.6 Å². The smallest absolute Gasteiger partial charge is 0.271 e. The van der Waals surface area contributed by atoms with E-state index in [1.807, 2.05) is 42.5 Å². The molecule has 0 aliphatic carbocycles. The molecule has 10 heteroatoms. The summed E-state index contributed by atoms with van der Waals surface area (Å²) in [4.78, 5) is 32.7. The Bertz CT molecular complexity index is 2190. The number of amides is 1. The molecule has 0 saturated carbocycles. The number of ether oxygens (including phenoxy) is 1. The van der Waals surface area contributed by atoms with Gasteiger partial charge in [0, 0.05) is 11.3 Å². The van der Waals surface area contributed by atoms with Crippen LogP contribution in [-0.2, 0) is 11.4 Å². The third-order valence-electron chi connectivity index (χ3n) is 7.26. The normalized spacial score (nSPS) is 14.4. The minimum Gasteiger partial charge on any atom is -0.488 e. The van der Waals surface area contributed by atoms with Gasteiger partial charge in [-0.05, 0) is 82.5 Å². The first-order valence-electron chi connectivity index (χ1n) is 13.9. The third-order valence-corrected chi connectivity index (χ3v) is 8.86. The van der Waals surface area contributed by atoms with Crippen molar-refractivity contribution in [3.63, 3.8) is 0 Å². The zero-order valence-electron chi connectivity index (χ0n) is 23.8. The third kappa shape index (κ3) is 6.27. The number of nitrogens with one attached hydrogen (secondary N) is 1. The van der Waals surface area contributed by atoms with E-state index < -0.39 is 17.8 Å². The number of halogens is 2. The molecule has 4 aromatic carbocycles. The number of carbonyl (C=O) groups excluding carboxylic acids is 1. The minimum absolute atomic E-state index is 0.225. The second-order valence-electron chi connectivity index (χ2n) is 10.2. The van der Waals surface area contributed by atoms with E-state index in [2.05, 4.69) is 32.3 Å². The van der Waals surface area contributed by atoms with Gasteiger partial charge >= 0.3 is 0 Å². The van der Waals surface area contributed by atoms with Crippen LogP contribution >= 0.6 is 27.3 Å². The van der Waals surface area contributed by atoms with Crippen molar-refractivity contribution in [2.75, 3.05) is 5.32 Å². The molecule has 0 spiro atoms. The van der Waals surface area contributed by atoms with Crippen molar-refractivity contribution < 1.29 is 13.9 Å². The zero-order chi connectivity index (χ0) is 31.5. The molecule has 0 bridgehead atoms. The zero-order valence-corrected chi connectivity index (χ0v) is 26.2. The highest BCUT2D eigenvalue weighted by Crippen LogP contribution is 2.31. The number of para-hydroxylation sites is 1. The number of nitriles is 1. The van der Waals surface area contributed by atoms with Crippen molar-refractivity contribution in [2.24, 2.45) is 4.99 Å². The maximum atomic E-state index is 14.0. The molecule has 0 fully saturated rings. The molecule has 0 saturated heterocycles. The molecular formula is C35H24BrFN4O3S. The summed E-state index contributed by atoms with van der Waals surface area (Å²) in [5.41, 5.74) is 3.70. The van der Waals surface area contributed by atoms with Crippen LogP contribution in [0.4, 0.5) is 10.1 Å². The summed E-state index contributed by atoms with van der Waals surface area (Å²) in [5, 5.41) is 12.3. The van der Waals surface area contributed by atoms with Crippen LogP contribution in [0.1, 0.15) is 35.2 Å². The average molecular weight is 680 g/mol. The van der Waals surface area contributed by atoms with Crippen LogP contribution in [0.5, 0.6) is 5.75 Å². The Morgan fingerprint density at radius 3 is 2.56 bits per heavy atom. The molecule has 5 aromatic rings. The molecule has 1 aliphatic heterocycles. The number of anilines is 1. The van der Waals surface area contributed by atoms with E-state index in [1.54, 1.807) is 55.5 Å². The topological polar surface area (TPSA) is 96.5 Å². The van der Waals surface area contributed by atoms with Gasteiger partial charge in [0.1, 0.15) is 18.2 Å². The molecule has 1 N–H and O–H groups in total. The van der Waals surface area contributed by atoms with E-state index in [4.69, 9.17) is 4.74 Å². The van der Waals surface area contributed by atoms with E-state index in [9.17, 15) is 19.2 Å². The highest BCUT2D eigenvalue weighted by Gasteiger charge is 2.32. The fourth-order valence-corrected chi connectivity index (χ4v) is 6.64. The Hall–Kier alpha value is -5.11. The van der Waals surface area contributed by atoms with Crippen molar-refractivity contribution in [2.45, 2.75) is 19.6 Å².